The summed E-state index contributed by atoms with van der Waals surface area (Å²) in [6, 6.07) is 11.9. The Morgan fingerprint density at radius 3 is 2.10 bits per heavy atom. The molecule has 0 aliphatic rings. The molecule has 104 valence electrons. The van der Waals surface area contributed by atoms with Crippen molar-refractivity contribution in [3.8, 4) is 11.1 Å². The van der Waals surface area contributed by atoms with Crippen molar-refractivity contribution in [3.63, 3.8) is 0 Å². The molecule has 0 fully saturated rings. The molecule has 0 aromatic heterocycles. The lowest BCUT2D eigenvalue weighted by atomic mass is 9.94. The minimum Gasteiger partial charge on any atom is -0.469 e. The molecule has 0 bridgehead atoms. The Morgan fingerprint density at radius 1 is 1.05 bits per heavy atom. The van der Waals surface area contributed by atoms with Gasteiger partial charge in [-0.2, -0.15) is 0 Å². The largest absolute Gasteiger partial charge is 0.469 e. The standard InChI is InChI=1S/C17H17ClO2/c1-11-8-14(13-4-6-15(18)7-5-13)9-12(2)16(11)10-17(19)20-3/h4-9H,10H2,1-3H3. The Balaban J connectivity index is 2.39. The van der Waals surface area contributed by atoms with Gasteiger partial charge in [0, 0.05) is 5.02 Å². The van der Waals surface area contributed by atoms with E-state index in [9.17, 15) is 4.79 Å². The Bertz CT molecular complexity index is 607. The molecule has 0 atom stereocenters. The van der Waals surface area contributed by atoms with Crippen LogP contribution in [0.25, 0.3) is 11.1 Å². The van der Waals surface area contributed by atoms with Crippen LogP contribution in [0.1, 0.15) is 16.7 Å². The van der Waals surface area contributed by atoms with E-state index in [1.54, 1.807) is 0 Å². The topological polar surface area (TPSA) is 26.3 Å². The molecule has 0 radical (unpaired) electrons. The smallest absolute Gasteiger partial charge is 0.309 e. The maximum atomic E-state index is 11.4. The molecule has 3 heteroatoms. The van der Waals surface area contributed by atoms with Crippen molar-refractivity contribution in [2.24, 2.45) is 0 Å². The monoisotopic (exact) mass is 288 g/mol. The second kappa shape index (κ2) is 6.10. The highest BCUT2D eigenvalue weighted by Gasteiger charge is 2.11. The summed E-state index contributed by atoms with van der Waals surface area (Å²) < 4.78 is 4.74. The molecule has 2 nitrogen and oxygen atoms in total. The van der Waals surface area contributed by atoms with Crippen molar-refractivity contribution in [1.82, 2.24) is 0 Å². The van der Waals surface area contributed by atoms with E-state index in [4.69, 9.17) is 16.3 Å². The van der Waals surface area contributed by atoms with Gasteiger partial charge >= 0.3 is 5.97 Å². The van der Waals surface area contributed by atoms with Crippen molar-refractivity contribution >= 4 is 17.6 Å². The molecule has 0 amide bonds. The third kappa shape index (κ3) is 3.20. The highest BCUT2D eigenvalue weighted by Crippen LogP contribution is 2.26. The first-order chi connectivity index (χ1) is 9.51. The molecule has 0 unspecified atom stereocenters. The average Bonchev–Trinajstić information content (AvgIpc) is 2.43. The molecule has 0 N–H and O–H groups in total. The number of rotatable bonds is 3. The Kier molecular flexibility index (Phi) is 4.46. The van der Waals surface area contributed by atoms with Gasteiger partial charge in [0.15, 0.2) is 0 Å². The van der Waals surface area contributed by atoms with Crippen molar-refractivity contribution in [1.29, 1.82) is 0 Å². The molecule has 0 spiro atoms. The van der Waals surface area contributed by atoms with Gasteiger partial charge in [0.05, 0.1) is 13.5 Å². The van der Waals surface area contributed by atoms with Crippen LogP contribution in [0.4, 0.5) is 0 Å². The summed E-state index contributed by atoms with van der Waals surface area (Å²) in [6.07, 6.45) is 0.315. The number of halogens is 1. The first-order valence-corrected chi connectivity index (χ1v) is 6.82. The summed E-state index contributed by atoms with van der Waals surface area (Å²) in [5.41, 5.74) is 5.48. The zero-order valence-electron chi connectivity index (χ0n) is 11.9. The summed E-state index contributed by atoms with van der Waals surface area (Å²) in [4.78, 5) is 11.4. The fraction of sp³-hybridized carbons (Fsp3) is 0.235. The molecule has 0 saturated carbocycles. The third-order valence-electron chi connectivity index (χ3n) is 3.42. The fourth-order valence-electron chi connectivity index (χ4n) is 2.30. The van der Waals surface area contributed by atoms with Crippen LogP contribution in [0, 0.1) is 13.8 Å². The highest BCUT2D eigenvalue weighted by molar-refractivity contribution is 6.30. The SMILES string of the molecule is COC(=O)Cc1c(C)cc(-c2ccc(Cl)cc2)cc1C. The number of carbonyl (C=O) groups is 1. The molecule has 2 aromatic rings. The van der Waals surface area contributed by atoms with Crippen LogP contribution in [0.5, 0.6) is 0 Å². The van der Waals surface area contributed by atoms with Crippen LogP contribution in [-0.2, 0) is 16.0 Å². The Labute approximate surface area is 124 Å². The van der Waals surface area contributed by atoms with E-state index in [1.165, 1.54) is 7.11 Å². The Morgan fingerprint density at radius 2 is 1.60 bits per heavy atom. The highest BCUT2D eigenvalue weighted by atomic mass is 35.5. The lowest BCUT2D eigenvalue weighted by Gasteiger charge is -2.12. The first kappa shape index (κ1) is 14.6. The molecular formula is C17H17ClO2. The van der Waals surface area contributed by atoms with E-state index in [1.807, 2.05) is 38.1 Å². The van der Waals surface area contributed by atoms with Crippen molar-refractivity contribution in [3.05, 3.63) is 58.1 Å². The van der Waals surface area contributed by atoms with Gasteiger partial charge in [0.2, 0.25) is 0 Å². The van der Waals surface area contributed by atoms with E-state index in [0.717, 1.165) is 32.8 Å². The molecule has 2 rings (SSSR count). The summed E-state index contributed by atoms with van der Waals surface area (Å²) in [5, 5.41) is 0.726. The Hall–Kier alpha value is -1.80. The number of hydrogen-bond acceptors (Lipinski definition) is 2. The summed E-state index contributed by atoms with van der Waals surface area (Å²) in [7, 11) is 1.41. The number of methoxy groups -OCH3 is 1. The zero-order chi connectivity index (χ0) is 14.7. The molecule has 20 heavy (non-hydrogen) atoms. The average molecular weight is 289 g/mol. The van der Waals surface area contributed by atoms with Crippen LogP contribution >= 0.6 is 11.6 Å². The van der Waals surface area contributed by atoms with Crippen molar-refractivity contribution in [2.45, 2.75) is 20.3 Å². The van der Waals surface area contributed by atoms with Crippen LogP contribution in [-0.4, -0.2) is 13.1 Å². The van der Waals surface area contributed by atoms with Crippen LogP contribution in [0.3, 0.4) is 0 Å². The van der Waals surface area contributed by atoms with Gasteiger partial charge < -0.3 is 4.74 Å². The second-order valence-corrected chi connectivity index (χ2v) is 5.28. The van der Waals surface area contributed by atoms with E-state index in [2.05, 4.69) is 12.1 Å². The van der Waals surface area contributed by atoms with E-state index in [-0.39, 0.29) is 5.97 Å². The molecule has 0 aliphatic heterocycles. The molecule has 0 heterocycles. The predicted molar refractivity (Wildman–Crippen MR) is 82.1 cm³/mol. The normalized spacial score (nSPS) is 10.4. The van der Waals surface area contributed by atoms with Crippen LogP contribution < -0.4 is 0 Å². The summed E-state index contributed by atoms with van der Waals surface area (Å²) in [5.74, 6) is -0.213. The van der Waals surface area contributed by atoms with Crippen molar-refractivity contribution < 1.29 is 9.53 Å². The first-order valence-electron chi connectivity index (χ1n) is 6.44. The van der Waals surface area contributed by atoms with Gasteiger partial charge in [0.1, 0.15) is 0 Å². The molecule has 0 saturated heterocycles. The zero-order valence-corrected chi connectivity index (χ0v) is 12.6. The van der Waals surface area contributed by atoms with Gasteiger partial charge in [-0.05, 0) is 53.8 Å². The quantitative estimate of drug-likeness (QED) is 0.785. The molecule has 2 aromatic carbocycles. The maximum absolute atomic E-state index is 11.4. The number of carbonyl (C=O) groups excluding carboxylic acids is 1. The number of benzene rings is 2. The summed E-state index contributed by atoms with van der Waals surface area (Å²) >= 11 is 5.91. The van der Waals surface area contributed by atoms with Gasteiger partial charge in [-0.1, -0.05) is 35.9 Å². The van der Waals surface area contributed by atoms with E-state index < -0.39 is 0 Å². The van der Waals surface area contributed by atoms with Gasteiger partial charge in [-0.25, -0.2) is 0 Å². The van der Waals surface area contributed by atoms with E-state index in [0.29, 0.717) is 6.42 Å². The lowest BCUT2D eigenvalue weighted by Crippen LogP contribution is -2.07. The number of aryl methyl sites for hydroxylation is 2. The number of hydrogen-bond donors (Lipinski definition) is 0. The van der Waals surface area contributed by atoms with Crippen molar-refractivity contribution in [2.75, 3.05) is 7.11 Å². The maximum Gasteiger partial charge on any atom is 0.309 e. The second-order valence-electron chi connectivity index (χ2n) is 4.85. The van der Waals surface area contributed by atoms with E-state index >= 15 is 0 Å². The van der Waals surface area contributed by atoms with Gasteiger partial charge in [-0.15, -0.1) is 0 Å². The molecular weight excluding hydrogens is 272 g/mol. The van der Waals surface area contributed by atoms with Gasteiger partial charge in [-0.3, -0.25) is 4.79 Å². The summed E-state index contributed by atoms with van der Waals surface area (Å²) in [6.45, 7) is 4.04. The minimum absolute atomic E-state index is 0.213. The number of esters is 1. The molecule has 0 aliphatic carbocycles. The van der Waals surface area contributed by atoms with Crippen LogP contribution in [0.2, 0.25) is 5.02 Å². The minimum atomic E-state index is -0.213. The van der Waals surface area contributed by atoms with Crippen LogP contribution in [0.15, 0.2) is 36.4 Å². The van der Waals surface area contributed by atoms with Gasteiger partial charge in [0.25, 0.3) is 0 Å². The third-order valence-corrected chi connectivity index (χ3v) is 3.67. The fourth-order valence-corrected chi connectivity index (χ4v) is 2.42. The predicted octanol–water partition coefficient (Wildman–Crippen LogP) is 4.34. The lowest BCUT2D eigenvalue weighted by molar-refractivity contribution is -0.139. The number of ether oxygens (including phenoxy) is 1.